The van der Waals surface area contributed by atoms with E-state index in [1.165, 1.54) is 0 Å². The van der Waals surface area contributed by atoms with Crippen molar-refractivity contribution in [1.82, 2.24) is 0 Å². The highest BCUT2D eigenvalue weighted by Gasteiger charge is 2.08. The first kappa shape index (κ1) is 12.2. The predicted octanol–water partition coefficient (Wildman–Crippen LogP) is 3.96. The number of halogens is 2. The number of methoxy groups -OCH3 is 1. The molecular weight excluding hydrogens is 231 g/mol. The number of hydrogen-bond acceptors (Lipinski definition) is 1. The van der Waals surface area contributed by atoms with Crippen LogP contribution in [0.2, 0.25) is 10.0 Å². The largest absolute Gasteiger partial charge is 0.495 e. The molecule has 0 heterocycles. The molecule has 80 valence electrons. The maximum Gasteiger partial charge on any atom is 0.140 e. The van der Waals surface area contributed by atoms with Gasteiger partial charge in [-0.05, 0) is 31.0 Å². The SMILES string of the molecule is CC#CCCc1cc(Cl)cc(Cl)c1OC. The standard InChI is InChI=1S/C12H12Cl2O/c1-3-4-5-6-9-7-10(13)8-11(14)12(9)15-2/h7-8H,5-6H2,1-2H3. The highest BCUT2D eigenvalue weighted by molar-refractivity contribution is 6.35. The van der Waals surface area contributed by atoms with Gasteiger partial charge in [0.25, 0.3) is 0 Å². The van der Waals surface area contributed by atoms with Crippen LogP contribution in [0.5, 0.6) is 5.75 Å². The molecule has 1 rings (SSSR count). The van der Waals surface area contributed by atoms with Crippen molar-refractivity contribution in [2.45, 2.75) is 19.8 Å². The van der Waals surface area contributed by atoms with E-state index in [1.54, 1.807) is 13.2 Å². The molecule has 0 unspecified atom stereocenters. The Morgan fingerprint density at radius 3 is 2.67 bits per heavy atom. The summed E-state index contributed by atoms with van der Waals surface area (Å²) in [7, 11) is 1.60. The Hall–Kier alpha value is -0.840. The zero-order valence-corrected chi connectivity index (χ0v) is 10.2. The Morgan fingerprint density at radius 1 is 1.33 bits per heavy atom. The van der Waals surface area contributed by atoms with Crippen LogP contribution in [-0.4, -0.2) is 7.11 Å². The molecule has 0 spiro atoms. The molecule has 0 N–H and O–H groups in total. The lowest BCUT2D eigenvalue weighted by molar-refractivity contribution is 0.410. The van der Waals surface area contributed by atoms with Gasteiger partial charge < -0.3 is 4.74 Å². The van der Waals surface area contributed by atoms with Crippen molar-refractivity contribution < 1.29 is 4.74 Å². The summed E-state index contributed by atoms with van der Waals surface area (Å²) >= 11 is 11.9. The minimum absolute atomic E-state index is 0.546. The Kier molecular flexibility index (Phi) is 4.81. The minimum Gasteiger partial charge on any atom is -0.495 e. The van der Waals surface area contributed by atoms with Gasteiger partial charge in [-0.2, -0.15) is 0 Å². The van der Waals surface area contributed by atoms with Gasteiger partial charge in [0.15, 0.2) is 0 Å². The van der Waals surface area contributed by atoms with Gasteiger partial charge in [-0.15, -0.1) is 11.8 Å². The van der Waals surface area contributed by atoms with E-state index in [0.717, 1.165) is 18.4 Å². The summed E-state index contributed by atoms with van der Waals surface area (Å²) in [4.78, 5) is 0. The van der Waals surface area contributed by atoms with Gasteiger partial charge in [-0.1, -0.05) is 23.2 Å². The molecular formula is C12H12Cl2O. The van der Waals surface area contributed by atoms with Crippen molar-refractivity contribution in [3.8, 4) is 17.6 Å². The van der Waals surface area contributed by atoms with Crippen molar-refractivity contribution >= 4 is 23.2 Å². The Labute approximate surface area is 100 Å². The maximum atomic E-state index is 6.00. The monoisotopic (exact) mass is 242 g/mol. The third-order valence-electron chi connectivity index (χ3n) is 1.99. The first-order valence-corrected chi connectivity index (χ1v) is 5.36. The Bertz CT molecular complexity index is 402. The number of aryl methyl sites for hydroxylation is 1. The lowest BCUT2D eigenvalue weighted by Crippen LogP contribution is -1.93. The van der Waals surface area contributed by atoms with Gasteiger partial charge in [-0.25, -0.2) is 0 Å². The normalized spacial score (nSPS) is 9.33. The van der Waals surface area contributed by atoms with Gasteiger partial charge in [-0.3, -0.25) is 0 Å². The fourth-order valence-corrected chi connectivity index (χ4v) is 1.96. The van der Waals surface area contributed by atoms with Gasteiger partial charge in [0.1, 0.15) is 5.75 Å². The van der Waals surface area contributed by atoms with Crippen LogP contribution in [0.1, 0.15) is 18.9 Å². The topological polar surface area (TPSA) is 9.23 Å². The Balaban J connectivity index is 2.96. The summed E-state index contributed by atoms with van der Waals surface area (Å²) in [6.45, 7) is 1.82. The molecule has 0 aromatic heterocycles. The fraction of sp³-hybridized carbons (Fsp3) is 0.333. The molecule has 0 amide bonds. The first-order valence-electron chi connectivity index (χ1n) is 4.60. The summed E-state index contributed by atoms with van der Waals surface area (Å²) in [5.41, 5.74) is 0.998. The van der Waals surface area contributed by atoms with Gasteiger partial charge in [0.05, 0.1) is 12.1 Å². The van der Waals surface area contributed by atoms with Crippen LogP contribution in [0.25, 0.3) is 0 Å². The second-order valence-corrected chi connectivity index (χ2v) is 3.85. The van der Waals surface area contributed by atoms with Crippen LogP contribution < -0.4 is 4.74 Å². The summed E-state index contributed by atoms with van der Waals surface area (Å²) in [5.74, 6) is 6.54. The molecule has 15 heavy (non-hydrogen) atoms. The average Bonchev–Trinajstić information content (AvgIpc) is 2.17. The summed E-state index contributed by atoms with van der Waals surface area (Å²) < 4.78 is 5.22. The number of rotatable bonds is 3. The van der Waals surface area contributed by atoms with E-state index >= 15 is 0 Å². The summed E-state index contributed by atoms with van der Waals surface area (Å²) in [5, 5.41) is 1.17. The third kappa shape index (κ3) is 3.34. The van der Waals surface area contributed by atoms with Gasteiger partial charge >= 0.3 is 0 Å². The molecule has 3 heteroatoms. The number of ether oxygens (including phenoxy) is 1. The van der Waals surface area contributed by atoms with Crippen LogP contribution in [-0.2, 0) is 6.42 Å². The zero-order valence-electron chi connectivity index (χ0n) is 8.73. The van der Waals surface area contributed by atoms with E-state index in [9.17, 15) is 0 Å². The van der Waals surface area contributed by atoms with Crippen LogP contribution in [0.15, 0.2) is 12.1 Å². The molecule has 0 saturated heterocycles. The lowest BCUT2D eigenvalue weighted by Gasteiger charge is -2.09. The second-order valence-electron chi connectivity index (χ2n) is 3.01. The van der Waals surface area contributed by atoms with Crippen molar-refractivity contribution in [2.24, 2.45) is 0 Å². The smallest absolute Gasteiger partial charge is 0.140 e. The summed E-state index contributed by atoms with van der Waals surface area (Å²) in [6, 6.07) is 3.54. The van der Waals surface area contributed by atoms with Crippen LogP contribution in [0.3, 0.4) is 0 Å². The molecule has 0 radical (unpaired) electrons. The van der Waals surface area contributed by atoms with E-state index in [2.05, 4.69) is 11.8 Å². The number of hydrogen-bond donors (Lipinski definition) is 0. The molecule has 0 bridgehead atoms. The lowest BCUT2D eigenvalue weighted by atomic mass is 10.1. The van der Waals surface area contributed by atoms with E-state index in [4.69, 9.17) is 27.9 Å². The maximum absolute atomic E-state index is 6.00. The molecule has 0 saturated carbocycles. The van der Waals surface area contributed by atoms with Crippen molar-refractivity contribution in [2.75, 3.05) is 7.11 Å². The highest BCUT2D eigenvalue weighted by atomic mass is 35.5. The molecule has 1 aromatic rings. The highest BCUT2D eigenvalue weighted by Crippen LogP contribution is 2.32. The molecule has 0 aliphatic heterocycles. The minimum atomic E-state index is 0.546. The van der Waals surface area contributed by atoms with Crippen LogP contribution in [0, 0.1) is 11.8 Å². The van der Waals surface area contributed by atoms with Crippen molar-refractivity contribution in [3.05, 3.63) is 27.7 Å². The van der Waals surface area contributed by atoms with E-state index in [1.807, 2.05) is 13.0 Å². The fourth-order valence-electron chi connectivity index (χ4n) is 1.35. The second kappa shape index (κ2) is 5.90. The third-order valence-corrected chi connectivity index (χ3v) is 2.48. The summed E-state index contributed by atoms with van der Waals surface area (Å²) in [6.07, 6.45) is 1.58. The van der Waals surface area contributed by atoms with Crippen molar-refractivity contribution in [3.63, 3.8) is 0 Å². The Morgan fingerprint density at radius 2 is 2.07 bits per heavy atom. The molecule has 1 nitrogen and oxygen atoms in total. The predicted molar refractivity (Wildman–Crippen MR) is 64.8 cm³/mol. The van der Waals surface area contributed by atoms with Gasteiger partial charge in [0, 0.05) is 11.4 Å². The van der Waals surface area contributed by atoms with Crippen LogP contribution >= 0.6 is 23.2 Å². The molecule has 0 aliphatic carbocycles. The van der Waals surface area contributed by atoms with E-state index in [-0.39, 0.29) is 0 Å². The quantitative estimate of drug-likeness (QED) is 0.730. The first-order chi connectivity index (χ1) is 7.19. The average molecular weight is 243 g/mol. The van der Waals surface area contributed by atoms with E-state index in [0.29, 0.717) is 15.8 Å². The zero-order chi connectivity index (χ0) is 11.3. The van der Waals surface area contributed by atoms with Crippen molar-refractivity contribution in [1.29, 1.82) is 0 Å². The van der Waals surface area contributed by atoms with Crippen LogP contribution in [0.4, 0.5) is 0 Å². The van der Waals surface area contributed by atoms with Gasteiger partial charge in [0.2, 0.25) is 0 Å². The molecule has 0 aliphatic rings. The molecule has 1 aromatic carbocycles. The van der Waals surface area contributed by atoms with E-state index < -0.39 is 0 Å². The molecule has 0 fully saturated rings. The number of benzene rings is 1. The molecule has 0 atom stereocenters.